The molecule has 9 heteroatoms. The largest absolute Gasteiger partial charge is 0.479 e. The van der Waals surface area contributed by atoms with Crippen LogP contribution in [0.25, 0.3) is 11.4 Å². The van der Waals surface area contributed by atoms with E-state index in [9.17, 15) is 14.0 Å². The van der Waals surface area contributed by atoms with Gasteiger partial charge in [0.05, 0.1) is 18.9 Å². The molecule has 0 saturated carbocycles. The molecule has 0 N–H and O–H groups in total. The number of nitrogens with zero attached hydrogens (tertiary/aromatic N) is 3. The summed E-state index contributed by atoms with van der Waals surface area (Å²) in [6.45, 7) is 5.50. The van der Waals surface area contributed by atoms with Crippen LogP contribution in [0, 0.1) is 11.7 Å². The lowest BCUT2D eigenvalue weighted by atomic mass is 10.1. The number of hydrogen-bond acceptors (Lipinski definition) is 8. The summed E-state index contributed by atoms with van der Waals surface area (Å²) in [5.74, 6) is -0.911. The Morgan fingerprint density at radius 3 is 2.55 bits per heavy atom. The number of esters is 1. The fourth-order valence-corrected chi connectivity index (χ4v) is 2.78. The molecule has 0 spiro atoms. The SMILES string of the molecule is CCC(Oc1ccc(C(=O)C(C)C)nc1)c1nc(-c2ccc(C(=O)OC)c(F)c2)no1. The van der Waals surface area contributed by atoms with Crippen molar-refractivity contribution in [2.45, 2.75) is 33.3 Å². The first-order valence-electron chi connectivity index (χ1n) is 9.72. The molecular formula is C22H22FN3O5. The molecule has 0 saturated heterocycles. The second-order valence-electron chi connectivity index (χ2n) is 7.06. The van der Waals surface area contributed by atoms with E-state index in [1.54, 1.807) is 12.1 Å². The molecule has 1 unspecified atom stereocenters. The normalized spacial score (nSPS) is 11.9. The first-order valence-corrected chi connectivity index (χ1v) is 9.72. The Bertz CT molecular complexity index is 1080. The third kappa shape index (κ3) is 4.93. The quantitative estimate of drug-likeness (QED) is 0.384. The molecular weight excluding hydrogens is 405 g/mol. The fraction of sp³-hybridized carbons (Fsp3) is 0.318. The first kappa shape index (κ1) is 22.1. The minimum absolute atomic E-state index is 0.0504. The third-order valence-corrected chi connectivity index (χ3v) is 4.51. The number of halogens is 1. The molecule has 0 aliphatic carbocycles. The van der Waals surface area contributed by atoms with Crippen LogP contribution in [-0.4, -0.2) is 34.0 Å². The lowest BCUT2D eigenvalue weighted by Crippen LogP contribution is -2.10. The fourth-order valence-electron chi connectivity index (χ4n) is 2.78. The van der Waals surface area contributed by atoms with E-state index in [0.29, 0.717) is 23.4 Å². The number of pyridine rings is 1. The molecule has 162 valence electrons. The molecule has 0 bridgehead atoms. The van der Waals surface area contributed by atoms with Gasteiger partial charge >= 0.3 is 5.97 Å². The van der Waals surface area contributed by atoms with Crippen molar-refractivity contribution in [2.24, 2.45) is 5.92 Å². The topological polar surface area (TPSA) is 104 Å². The molecule has 3 aromatic rings. The van der Waals surface area contributed by atoms with E-state index < -0.39 is 17.9 Å². The summed E-state index contributed by atoms with van der Waals surface area (Å²) in [5, 5.41) is 3.88. The van der Waals surface area contributed by atoms with Crippen molar-refractivity contribution in [3.8, 4) is 17.1 Å². The van der Waals surface area contributed by atoms with Crippen LogP contribution in [-0.2, 0) is 4.74 Å². The van der Waals surface area contributed by atoms with Gasteiger partial charge < -0.3 is 14.0 Å². The van der Waals surface area contributed by atoms with E-state index in [-0.39, 0.29) is 29.0 Å². The van der Waals surface area contributed by atoms with Crippen LogP contribution >= 0.6 is 0 Å². The number of hydrogen-bond donors (Lipinski definition) is 0. The first-order chi connectivity index (χ1) is 14.8. The van der Waals surface area contributed by atoms with Gasteiger partial charge in [-0.25, -0.2) is 14.2 Å². The molecule has 8 nitrogen and oxygen atoms in total. The van der Waals surface area contributed by atoms with Gasteiger partial charge in [0.2, 0.25) is 5.82 Å². The molecule has 2 heterocycles. The highest BCUT2D eigenvalue weighted by Crippen LogP contribution is 2.26. The summed E-state index contributed by atoms with van der Waals surface area (Å²) in [4.78, 5) is 32.0. The summed E-state index contributed by atoms with van der Waals surface area (Å²) in [7, 11) is 1.18. The van der Waals surface area contributed by atoms with Crippen LogP contribution in [0.3, 0.4) is 0 Å². The molecule has 0 radical (unpaired) electrons. The van der Waals surface area contributed by atoms with E-state index in [4.69, 9.17) is 9.26 Å². The van der Waals surface area contributed by atoms with Gasteiger partial charge in [-0.1, -0.05) is 25.9 Å². The zero-order valence-corrected chi connectivity index (χ0v) is 17.6. The highest BCUT2D eigenvalue weighted by Gasteiger charge is 2.22. The number of carbonyl (C=O) groups excluding carboxylic acids is 2. The lowest BCUT2D eigenvalue weighted by molar-refractivity contribution is 0.0595. The smallest absolute Gasteiger partial charge is 0.340 e. The van der Waals surface area contributed by atoms with E-state index in [0.717, 1.165) is 6.07 Å². The molecule has 31 heavy (non-hydrogen) atoms. The lowest BCUT2D eigenvalue weighted by Gasteiger charge is -2.13. The van der Waals surface area contributed by atoms with Crippen LogP contribution in [0.5, 0.6) is 5.75 Å². The summed E-state index contributed by atoms with van der Waals surface area (Å²) in [6.07, 6.45) is 1.43. The minimum Gasteiger partial charge on any atom is -0.479 e. The second kappa shape index (κ2) is 9.46. The Morgan fingerprint density at radius 2 is 1.97 bits per heavy atom. The van der Waals surface area contributed by atoms with Gasteiger partial charge in [0.1, 0.15) is 17.3 Å². The highest BCUT2D eigenvalue weighted by atomic mass is 19.1. The Kier molecular flexibility index (Phi) is 6.74. The molecule has 0 aliphatic rings. The summed E-state index contributed by atoms with van der Waals surface area (Å²) in [5.41, 5.74) is 0.526. The Morgan fingerprint density at radius 1 is 1.19 bits per heavy atom. The molecule has 0 fully saturated rings. The summed E-state index contributed by atoms with van der Waals surface area (Å²) < 4.78 is 29.9. The van der Waals surface area contributed by atoms with Crippen molar-refractivity contribution in [1.82, 2.24) is 15.1 Å². The van der Waals surface area contributed by atoms with Crippen LogP contribution in [0.2, 0.25) is 0 Å². The summed E-state index contributed by atoms with van der Waals surface area (Å²) in [6, 6.07) is 7.20. The van der Waals surface area contributed by atoms with Crippen LogP contribution < -0.4 is 4.74 Å². The van der Waals surface area contributed by atoms with Crippen molar-refractivity contribution in [1.29, 1.82) is 0 Å². The number of aromatic nitrogens is 3. The van der Waals surface area contributed by atoms with Crippen molar-refractivity contribution in [3.05, 3.63) is 59.5 Å². The highest BCUT2D eigenvalue weighted by molar-refractivity contribution is 5.95. The predicted octanol–water partition coefficient (Wildman–Crippen LogP) is 4.43. The van der Waals surface area contributed by atoms with Crippen LogP contribution in [0.1, 0.15) is 60.0 Å². The summed E-state index contributed by atoms with van der Waals surface area (Å²) >= 11 is 0. The maximum Gasteiger partial charge on any atom is 0.340 e. The zero-order valence-electron chi connectivity index (χ0n) is 17.6. The van der Waals surface area contributed by atoms with Crippen molar-refractivity contribution < 1.29 is 28.0 Å². The Balaban J connectivity index is 1.76. The molecule has 2 aromatic heterocycles. The van der Waals surface area contributed by atoms with Crippen LogP contribution in [0.15, 0.2) is 41.1 Å². The predicted molar refractivity (Wildman–Crippen MR) is 108 cm³/mol. The van der Waals surface area contributed by atoms with Gasteiger partial charge in [0.15, 0.2) is 11.9 Å². The molecule has 0 amide bonds. The van der Waals surface area contributed by atoms with Gasteiger partial charge in [-0.2, -0.15) is 4.98 Å². The number of rotatable bonds is 8. The van der Waals surface area contributed by atoms with E-state index >= 15 is 0 Å². The average molecular weight is 427 g/mol. The van der Waals surface area contributed by atoms with Gasteiger partial charge in [-0.05, 0) is 36.8 Å². The number of Topliss-reactive ketones (excluding diaryl/α,β-unsaturated/α-hetero) is 1. The molecule has 1 aromatic carbocycles. The maximum absolute atomic E-state index is 14.2. The average Bonchev–Trinajstić information content (AvgIpc) is 3.26. The number of ether oxygens (including phenoxy) is 2. The van der Waals surface area contributed by atoms with Gasteiger partial charge in [-0.3, -0.25) is 4.79 Å². The third-order valence-electron chi connectivity index (χ3n) is 4.51. The van der Waals surface area contributed by atoms with E-state index in [2.05, 4.69) is 19.9 Å². The van der Waals surface area contributed by atoms with Gasteiger partial charge in [0, 0.05) is 11.5 Å². The number of benzene rings is 1. The standard InChI is InChI=1S/C22H22FN3O5/c1-5-18(30-14-7-9-17(24-11-14)19(27)12(2)3)21-25-20(26-31-21)13-6-8-15(16(23)10-13)22(28)29-4/h6-12,18H,5H2,1-4H3. The van der Waals surface area contributed by atoms with Gasteiger partial charge in [-0.15, -0.1) is 0 Å². The maximum atomic E-state index is 14.2. The van der Waals surface area contributed by atoms with Crippen LogP contribution in [0.4, 0.5) is 4.39 Å². The van der Waals surface area contributed by atoms with Crippen molar-refractivity contribution in [2.75, 3.05) is 7.11 Å². The molecule has 1 atom stereocenters. The Hall–Kier alpha value is -3.62. The number of carbonyl (C=O) groups is 2. The van der Waals surface area contributed by atoms with E-state index in [1.807, 2.05) is 20.8 Å². The Labute approximate surface area is 178 Å². The number of methoxy groups -OCH3 is 1. The molecule has 0 aliphatic heterocycles. The monoisotopic (exact) mass is 427 g/mol. The molecule has 3 rings (SSSR count). The van der Waals surface area contributed by atoms with Gasteiger partial charge in [0.25, 0.3) is 5.89 Å². The zero-order chi connectivity index (χ0) is 22.5. The van der Waals surface area contributed by atoms with Crippen molar-refractivity contribution >= 4 is 11.8 Å². The van der Waals surface area contributed by atoms with E-state index in [1.165, 1.54) is 25.4 Å². The minimum atomic E-state index is -0.771. The number of ketones is 1. The van der Waals surface area contributed by atoms with Crippen molar-refractivity contribution in [3.63, 3.8) is 0 Å². The second-order valence-corrected chi connectivity index (χ2v) is 7.06.